The van der Waals surface area contributed by atoms with Gasteiger partial charge >= 0.3 is 0 Å². The molecule has 1 heterocycles. The van der Waals surface area contributed by atoms with E-state index in [9.17, 15) is 4.21 Å². The Morgan fingerprint density at radius 2 is 2.36 bits per heavy atom. The van der Waals surface area contributed by atoms with Crippen molar-refractivity contribution in [3.8, 4) is 0 Å². The summed E-state index contributed by atoms with van der Waals surface area (Å²) in [5.74, 6) is 0. The first-order chi connectivity index (χ1) is 5.11. The lowest BCUT2D eigenvalue weighted by atomic mass is 10.3. The number of nitrogens with two attached hydrogens (primary N) is 1. The van der Waals surface area contributed by atoms with Crippen molar-refractivity contribution in [3.63, 3.8) is 0 Å². The van der Waals surface area contributed by atoms with Crippen LogP contribution in [-0.2, 0) is 11.2 Å². The molecule has 11 heavy (non-hydrogen) atoms. The standard InChI is InChI=1S/C6H15N3OS/c1-8-4-3-6(5-8)9(2)11(7)10/h6H,3-5,7H2,1-2H3. The summed E-state index contributed by atoms with van der Waals surface area (Å²) in [7, 11) is 3.87. The highest BCUT2D eigenvalue weighted by Gasteiger charge is 2.24. The summed E-state index contributed by atoms with van der Waals surface area (Å²) in [6, 6.07) is 0.367. The molecule has 0 aliphatic carbocycles. The third-order valence-corrected chi connectivity index (χ3v) is 3.03. The Morgan fingerprint density at radius 1 is 1.73 bits per heavy atom. The molecule has 66 valence electrons. The lowest BCUT2D eigenvalue weighted by molar-refractivity contribution is 0.357. The second-order valence-corrected chi connectivity index (χ2v) is 4.16. The topological polar surface area (TPSA) is 49.6 Å². The summed E-state index contributed by atoms with van der Waals surface area (Å²) < 4.78 is 12.6. The largest absolute Gasteiger partial charge is 0.305 e. The van der Waals surface area contributed by atoms with Gasteiger partial charge in [0.15, 0.2) is 11.2 Å². The Labute approximate surface area is 70.1 Å². The summed E-state index contributed by atoms with van der Waals surface area (Å²) in [6.45, 7) is 2.05. The second kappa shape index (κ2) is 3.62. The van der Waals surface area contributed by atoms with Crippen LogP contribution in [0.15, 0.2) is 0 Å². The zero-order chi connectivity index (χ0) is 8.43. The van der Waals surface area contributed by atoms with Crippen molar-refractivity contribution in [3.05, 3.63) is 0 Å². The summed E-state index contributed by atoms with van der Waals surface area (Å²) in [6.07, 6.45) is 1.07. The Balaban J connectivity index is 2.43. The van der Waals surface area contributed by atoms with Gasteiger partial charge in [0.25, 0.3) is 0 Å². The molecule has 2 N–H and O–H groups in total. The fourth-order valence-electron chi connectivity index (χ4n) is 1.36. The van der Waals surface area contributed by atoms with E-state index in [1.807, 2.05) is 0 Å². The maximum Gasteiger partial charge on any atom is 0.167 e. The molecule has 0 bridgehead atoms. The van der Waals surface area contributed by atoms with Gasteiger partial charge in [0.1, 0.15) is 0 Å². The minimum atomic E-state index is -1.31. The number of nitrogens with zero attached hydrogens (tertiary/aromatic N) is 2. The van der Waals surface area contributed by atoms with Crippen molar-refractivity contribution < 1.29 is 4.21 Å². The van der Waals surface area contributed by atoms with Crippen LogP contribution in [0.4, 0.5) is 0 Å². The molecule has 4 nitrogen and oxygen atoms in total. The smallest absolute Gasteiger partial charge is 0.167 e. The Hall–Kier alpha value is 0.0300. The maximum atomic E-state index is 10.8. The SMILES string of the molecule is CN1CCC(N(C)S(N)=O)C1. The third-order valence-electron chi connectivity index (χ3n) is 2.16. The van der Waals surface area contributed by atoms with Crippen LogP contribution in [0.3, 0.4) is 0 Å². The van der Waals surface area contributed by atoms with Crippen molar-refractivity contribution in [1.29, 1.82) is 0 Å². The molecule has 2 unspecified atom stereocenters. The van der Waals surface area contributed by atoms with E-state index >= 15 is 0 Å². The number of likely N-dealkylation sites (tertiary alicyclic amines) is 1. The van der Waals surface area contributed by atoms with Gasteiger partial charge in [-0.3, -0.25) is 0 Å². The number of likely N-dealkylation sites (N-methyl/N-ethyl adjacent to an activating group) is 2. The molecular weight excluding hydrogens is 162 g/mol. The van der Waals surface area contributed by atoms with Crippen molar-refractivity contribution in [2.75, 3.05) is 27.2 Å². The molecule has 0 aromatic heterocycles. The summed E-state index contributed by atoms with van der Waals surface area (Å²) >= 11 is -1.31. The predicted octanol–water partition coefficient (Wildman–Crippen LogP) is -0.840. The molecule has 0 aromatic rings. The fourth-order valence-corrected chi connectivity index (χ4v) is 1.82. The average molecular weight is 177 g/mol. The van der Waals surface area contributed by atoms with Gasteiger partial charge in [-0.2, -0.15) is 0 Å². The molecule has 1 saturated heterocycles. The minimum Gasteiger partial charge on any atom is -0.305 e. The van der Waals surface area contributed by atoms with Crippen LogP contribution in [0.25, 0.3) is 0 Å². The van der Waals surface area contributed by atoms with E-state index in [0.717, 1.165) is 19.5 Å². The molecule has 1 rings (SSSR count). The Kier molecular flexibility index (Phi) is 3.00. The van der Waals surface area contributed by atoms with Crippen LogP contribution >= 0.6 is 0 Å². The number of rotatable bonds is 2. The molecule has 0 aromatic carbocycles. The quantitative estimate of drug-likeness (QED) is 0.598. The molecule has 1 fully saturated rings. The summed E-state index contributed by atoms with van der Waals surface area (Å²) in [4.78, 5) is 2.22. The maximum absolute atomic E-state index is 10.8. The Bertz CT molecular complexity index is 164. The molecule has 1 aliphatic rings. The number of hydrogen-bond donors (Lipinski definition) is 1. The van der Waals surface area contributed by atoms with Crippen molar-refractivity contribution in [2.45, 2.75) is 12.5 Å². The zero-order valence-corrected chi connectivity index (χ0v) is 7.80. The highest BCUT2D eigenvalue weighted by Crippen LogP contribution is 2.12. The van der Waals surface area contributed by atoms with Crippen LogP contribution in [0.2, 0.25) is 0 Å². The minimum absolute atomic E-state index is 0.367. The molecule has 0 radical (unpaired) electrons. The molecular formula is C6H15N3OS. The monoisotopic (exact) mass is 177 g/mol. The van der Waals surface area contributed by atoms with Gasteiger partial charge in [-0.15, -0.1) is 0 Å². The van der Waals surface area contributed by atoms with Crippen LogP contribution in [0.5, 0.6) is 0 Å². The number of hydrogen-bond acceptors (Lipinski definition) is 2. The summed E-state index contributed by atoms with van der Waals surface area (Å²) in [5, 5.41) is 5.24. The fraction of sp³-hybridized carbons (Fsp3) is 1.00. The molecule has 2 atom stereocenters. The first-order valence-electron chi connectivity index (χ1n) is 3.69. The van der Waals surface area contributed by atoms with E-state index in [1.165, 1.54) is 0 Å². The highest BCUT2D eigenvalue weighted by molar-refractivity contribution is 7.80. The normalized spacial score (nSPS) is 29.6. The zero-order valence-electron chi connectivity index (χ0n) is 6.99. The molecule has 5 heteroatoms. The second-order valence-electron chi connectivity index (χ2n) is 3.03. The van der Waals surface area contributed by atoms with Gasteiger partial charge in [0.05, 0.1) is 0 Å². The highest BCUT2D eigenvalue weighted by atomic mass is 32.2. The van der Waals surface area contributed by atoms with E-state index in [-0.39, 0.29) is 0 Å². The van der Waals surface area contributed by atoms with Gasteiger partial charge in [-0.1, -0.05) is 0 Å². The molecule has 1 aliphatic heterocycles. The van der Waals surface area contributed by atoms with Gasteiger partial charge in [-0.25, -0.2) is 13.7 Å². The van der Waals surface area contributed by atoms with Crippen LogP contribution < -0.4 is 5.14 Å². The predicted molar refractivity (Wildman–Crippen MR) is 46.0 cm³/mol. The molecule has 0 amide bonds. The first-order valence-corrected chi connectivity index (χ1v) is 4.86. The van der Waals surface area contributed by atoms with E-state index < -0.39 is 11.2 Å². The lowest BCUT2D eigenvalue weighted by Crippen LogP contribution is -2.38. The van der Waals surface area contributed by atoms with E-state index in [2.05, 4.69) is 11.9 Å². The van der Waals surface area contributed by atoms with Crippen molar-refractivity contribution >= 4 is 11.2 Å². The van der Waals surface area contributed by atoms with E-state index in [4.69, 9.17) is 5.14 Å². The molecule has 0 spiro atoms. The van der Waals surface area contributed by atoms with Gasteiger partial charge in [0, 0.05) is 19.6 Å². The van der Waals surface area contributed by atoms with Gasteiger partial charge in [-0.05, 0) is 20.0 Å². The first kappa shape index (κ1) is 9.12. The van der Waals surface area contributed by atoms with Crippen LogP contribution in [0, 0.1) is 0 Å². The Morgan fingerprint density at radius 3 is 2.73 bits per heavy atom. The summed E-state index contributed by atoms with van der Waals surface area (Å²) in [5.41, 5.74) is 0. The van der Waals surface area contributed by atoms with E-state index in [1.54, 1.807) is 11.4 Å². The average Bonchev–Trinajstić information content (AvgIpc) is 2.34. The van der Waals surface area contributed by atoms with Crippen molar-refractivity contribution in [2.24, 2.45) is 5.14 Å². The van der Waals surface area contributed by atoms with Crippen LogP contribution in [-0.4, -0.2) is 46.6 Å². The third kappa shape index (κ3) is 2.23. The van der Waals surface area contributed by atoms with Crippen LogP contribution in [0.1, 0.15) is 6.42 Å². The lowest BCUT2D eigenvalue weighted by Gasteiger charge is -2.19. The van der Waals surface area contributed by atoms with Gasteiger partial charge in [0.2, 0.25) is 0 Å². The van der Waals surface area contributed by atoms with Gasteiger partial charge < -0.3 is 4.90 Å². The van der Waals surface area contributed by atoms with Crippen molar-refractivity contribution in [1.82, 2.24) is 9.21 Å². The molecule has 0 saturated carbocycles. The van der Waals surface area contributed by atoms with E-state index in [0.29, 0.717) is 6.04 Å².